The Bertz CT molecular complexity index is 914. The molecule has 0 heterocycles. The van der Waals surface area contributed by atoms with Crippen LogP contribution in [0.4, 0.5) is 0 Å². The van der Waals surface area contributed by atoms with Gasteiger partial charge in [0.1, 0.15) is 0 Å². The summed E-state index contributed by atoms with van der Waals surface area (Å²) in [6.45, 7) is 0.222. The van der Waals surface area contributed by atoms with Crippen LogP contribution in [0.25, 0.3) is 0 Å². The largest absolute Gasteiger partial charge is 0.327 e. The SMILES string of the molecule is CS(=O)(=O)OC(OCc1ccccc1)(OCc1ccccc1)c1ccccc1. The summed E-state index contributed by atoms with van der Waals surface area (Å²) in [6.07, 6.45) is 0.975. The second-order valence-corrected chi connectivity index (χ2v) is 7.83. The van der Waals surface area contributed by atoms with E-state index in [9.17, 15) is 8.42 Å². The third kappa shape index (κ3) is 5.74. The maximum atomic E-state index is 12.1. The maximum Gasteiger partial charge on any atom is 0.327 e. The number of hydrogen-bond donors (Lipinski definition) is 0. The smallest absolute Gasteiger partial charge is 0.318 e. The average Bonchev–Trinajstić information content (AvgIpc) is 2.71. The normalized spacial score (nSPS) is 12.0. The third-order valence-electron chi connectivity index (χ3n) is 3.93. The van der Waals surface area contributed by atoms with Crippen molar-refractivity contribution >= 4 is 10.1 Å². The van der Waals surface area contributed by atoms with Gasteiger partial charge < -0.3 is 9.47 Å². The van der Waals surface area contributed by atoms with E-state index in [0.717, 1.165) is 17.4 Å². The van der Waals surface area contributed by atoms with Gasteiger partial charge in [0.2, 0.25) is 0 Å². The van der Waals surface area contributed by atoms with Crippen molar-refractivity contribution in [2.24, 2.45) is 0 Å². The molecule has 3 aromatic rings. The Morgan fingerprint density at radius 2 is 1.07 bits per heavy atom. The minimum Gasteiger partial charge on any atom is -0.318 e. The molecular weight excluding hydrogens is 376 g/mol. The summed E-state index contributed by atoms with van der Waals surface area (Å²) in [5.41, 5.74) is 2.18. The quantitative estimate of drug-likeness (QED) is 0.399. The molecule has 0 amide bonds. The van der Waals surface area contributed by atoms with E-state index < -0.39 is 16.1 Å². The molecule has 0 unspecified atom stereocenters. The molecule has 0 aliphatic rings. The fourth-order valence-electron chi connectivity index (χ4n) is 2.65. The van der Waals surface area contributed by atoms with Crippen molar-refractivity contribution in [2.45, 2.75) is 19.2 Å². The lowest BCUT2D eigenvalue weighted by atomic mass is 10.2. The third-order valence-corrected chi connectivity index (χ3v) is 4.45. The molecule has 0 bridgehead atoms. The van der Waals surface area contributed by atoms with Crippen LogP contribution < -0.4 is 0 Å². The lowest BCUT2D eigenvalue weighted by molar-refractivity contribution is -0.364. The fraction of sp³-hybridized carbons (Fsp3) is 0.182. The molecule has 0 saturated carbocycles. The van der Waals surface area contributed by atoms with E-state index in [0.29, 0.717) is 5.56 Å². The minimum absolute atomic E-state index is 0.111. The van der Waals surface area contributed by atoms with Gasteiger partial charge in [-0.2, -0.15) is 8.42 Å². The van der Waals surface area contributed by atoms with E-state index >= 15 is 0 Å². The van der Waals surface area contributed by atoms with Gasteiger partial charge in [0.15, 0.2) is 0 Å². The Morgan fingerprint density at radius 3 is 1.46 bits per heavy atom. The Kier molecular flexibility index (Phi) is 6.59. The predicted octanol–water partition coefficient (Wildman–Crippen LogP) is 4.21. The molecule has 0 fully saturated rings. The van der Waals surface area contributed by atoms with Gasteiger partial charge >= 0.3 is 5.97 Å². The van der Waals surface area contributed by atoms with Gasteiger partial charge in [-0.15, -0.1) is 0 Å². The summed E-state index contributed by atoms with van der Waals surface area (Å²) in [4.78, 5) is 0. The molecule has 0 radical (unpaired) electrons. The van der Waals surface area contributed by atoms with Crippen LogP contribution in [0.1, 0.15) is 16.7 Å². The van der Waals surface area contributed by atoms with Crippen molar-refractivity contribution < 1.29 is 22.1 Å². The lowest BCUT2D eigenvalue weighted by Gasteiger charge is -2.32. The Hall–Kier alpha value is -2.51. The van der Waals surface area contributed by atoms with Crippen molar-refractivity contribution in [3.8, 4) is 0 Å². The topological polar surface area (TPSA) is 61.8 Å². The van der Waals surface area contributed by atoms with Crippen LogP contribution in [0.2, 0.25) is 0 Å². The van der Waals surface area contributed by atoms with Crippen molar-refractivity contribution in [2.75, 3.05) is 6.26 Å². The molecule has 5 nitrogen and oxygen atoms in total. The van der Waals surface area contributed by atoms with Gasteiger partial charge in [0.25, 0.3) is 10.1 Å². The summed E-state index contributed by atoms with van der Waals surface area (Å²) in [7, 11) is -3.89. The van der Waals surface area contributed by atoms with Crippen LogP contribution in [0.15, 0.2) is 91.0 Å². The number of hydrogen-bond acceptors (Lipinski definition) is 5. The van der Waals surface area contributed by atoms with Gasteiger partial charge in [-0.3, -0.25) is 0 Å². The Labute approximate surface area is 165 Å². The predicted molar refractivity (Wildman–Crippen MR) is 107 cm³/mol. The van der Waals surface area contributed by atoms with Crippen molar-refractivity contribution in [3.05, 3.63) is 108 Å². The molecule has 0 aliphatic heterocycles. The standard InChI is InChI=1S/C22H22O5S/c1-28(23,24)27-22(21-15-9-4-10-16-21,25-17-19-11-5-2-6-12-19)26-18-20-13-7-3-8-14-20/h2-16H,17-18H2,1H3. The van der Waals surface area contributed by atoms with E-state index in [2.05, 4.69) is 0 Å². The highest BCUT2D eigenvalue weighted by Crippen LogP contribution is 2.33. The van der Waals surface area contributed by atoms with Crippen LogP contribution in [-0.2, 0) is 43.0 Å². The molecule has 0 aliphatic carbocycles. The zero-order valence-electron chi connectivity index (χ0n) is 15.5. The Balaban J connectivity index is 1.94. The zero-order valence-corrected chi connectivity index (χ0v) is 16.3. The summed E-state index contributed by atoms with van der Waals surface area (Å²) in [5, 5.41) is 0. The minimum atomic E-state index is -3.89. The van der Waals surface area contributed by atoms with Gasteiger partial charge in [-0.05, 0) is 11.1 Å². The maximum absolute atomic E-state index is 12.1. The molecule has 0 atom stereocenters. The lowest BCUT2D eigenvalue weighted by Crippen LogP contribution is -2.38. The van der Waals surface area contributed by atoms with E-state index in [1.165, 1.54) is 0 Å². The summed E-state index contributed by atoms with van der Waals surface area (Å²) < 4.78 is 41.5. The number of benzene rings is 3. The molecule has 3 rings (SSSR count). The second-order valence-electron chi connectivity index (χ2n) is 6.26. The molecule has 0 spiro atoms. The molecule has 28 heavy (non-hydrogen) atoms. The van der Waals surface area contributed by atoms with Crippen LogP contribution in [0, 0.1) is 0 Å². The molecule has 0 saturated heterocycles. The first-order chi connectivity index (χ1) is 13.5. The van der Waals surface area contributed by atoms with E-state index in [4.69, 9.17) is 13.7 Å². The van der Waals surface area contributed by atoms with Crippen LogP contribution in [-0.4, -0.2) is 14.7 Å². The summed E-state index contributed by atoms with van der Waals surface area (Å²) in [5.74, 6) is -1.90. The first kappa shape index (κ1) is 20.2. The van der Waals surface area contributed by atoms with Crippen molar-refractivity contribution in [1.29, 1.82) is 0 Å². The van der Waals surface area contributed by atoms with E-state index in [1.807, 2.05) is 66.7 Å². The second kappa shape index (κ2) is 9.12. The zero-order chi connectivity index (χ0) is 19.9. The molecule has 0 aromatic heterocycles. The van der Waals surface area contributed by atoms with Crippen molar-refractivity contribution in [1.82, 2.24) is 0 Å². The van der Waals surface area contributed by atoms with Gasteiger partial charge in [-0.25, -0.2) is 4.18 Å². The number of ether oxygens (including phenoxy) is 2. The van der Waals surface area contributed by atoms with E-state index in [1.54, 1.807) is 24.3 Å². The molecule has 146 valence electrons. The van der Waals surface area contributed by atoms with E-state index in [-0.39, 0.29) is 13.2 Å². The highest BCUT2D eigenvalue weighted by atomic mass is 32.2. The fourth-order valence-corrected chi connectivity index (χ4v) is 3.24. The molecular formula is C22H22O5S. The number of rotatable bonds is 9. The van der Waals surface area contributed by atoms with Gasteiger partial charge in [-0.1, -0.05) is 91.0 Å². The molecule has 6 heteroatoms. The van der Waals surface area contributed by atoms with Crippen LogP contribution >= 0.6 is 0 Å². The van der Waals surface area contributed by atoms with Gasteiger partial charge in [0.05, 0.1) is 19.5 Å². The van der Waals surface area contributed by atoms with Crippen molar-refractivity contribution in [3.63, 3.8) is 0 Å². The van der Waals surface area contributed by atoms with Crippen LogP contribution in [0.3, 0.4) is 0 Å². The highest BCUT2D eigenvalue weighted by molar-refractivity contribution is 7.86. The van der Waals surface area contributed by atoms with Gasteiger partial charge in [0, 0.05) is 5.56 Å². The first-order valence-corrected chi connectivity index (χ1v) is 10.6. The summed E-state index contributed by atoms with van der Waals surface area (Å²) >= 11 is 0. The highest BCUT2D eigenvalue weighted by Gasteiger charge is 2.40. The first-order valence-electron chi connectivity index (χ1n) is 8.79. The average molecular weight is 398 g/mol. The molecule has 0 N–H and O–H groups in total. The summed E-state index contributed by atoms with van der Waals surface area (Å²) in [6, 6.07) is 27.6. The molecule has 3 aromatic carbocycles. The van der Waals surface area contributed by atoms with Crippen LogP contribution in [0.5, 0.6) is 0 Å². The Morgan fingerprint density at radius 1 is 0.679 bits per heavy atom. The monoisotopic (exact) mass is 398 g/mol.